The Labute approximate surface area is 89.3 Å². The number of hydrazine groups is 1. The van der Waals surface area contributed by atoms with Gasteiger partial charge in [-0.3, -0.25) is 11.3 Å². The predicted molar refractivity (Wildman–Crippen MR) is 57.0 cm³/mol. The molecule has 0 radical (unpaired) electrons. The van der Waals surface area contributed by atoms with Crippen LogP contribution in [-0.2, 0) is 6.54 Å². The molecule has 5 heteroatoms. The molecule has 0 unspecified atom stereocenters. The highest BCUT2D eigenvalue weighted by Gasteiger charge is 1.90. The number of nitrogens with one attached hydrogen (secondary N) is 1. The van der Waals surface area contributed by atoms with E-state index in [-0.39, 0.29) is 24.8 Å². The van der Waals surface area contributed by atoms with Crippen LogP contribution < -0.4 is 11.3 Å². The fourth-order valence-electron chi connectivity index (χ4n) is 0.765. The third kappa shape index (κ3) is 4.80. The first-order chi connectivity index (χ1) is 4.83. The zero-order valence-electron chi connectivity index (χ0n) is 6.29. The highest BCUT2D eigenvalue weighted by atomic mass is 35.5. The van der Waals surface area contributed by atoms with Crippen LogP contribution in [0.1, 0.15) is 5.56 Å². The number of nitrogens with two attached hydrogens (primary N) is 1. The van der Waals surface area contributed by atoms with Crippen LogP contribution in [0.5, 0.6) is 0 Å². The van der Waals surface area contributed by atoms with E-state index < -0.39 is 0 Å². The van der Waals surface area contributed by atoms with E-state index >= 15 is 0 Å². The topological polar surface area (TPSA) is 38.0 Å². The van der Waals surface area contributed by atoms with Crippen LogP contribution in [0.4, 0.5) is 0 Å². The van der Waals surface area contributed by atoms with Crippen molar-refractivity contribution < 1.29 is 0 Å². The molecule has 0 aromatic heterocycles. The first-order valence-corrected chi connectivity index (χ1v) is 3.38. The summed E-state index contributed by atoms with van der Waals surface area (Å²) in [6, 6.07) is 7.57. The zero-order valence-corrected chi connectivity index (χ0v) is 8.68. The Morgan fingerprint density at radius 2 is 2.00 bits per heavy atom. The van der Waals surface area contributed by atoms with Gasteiger partial charge in [-0.25, -0.2) is 0 Å². The molecule has 1 aromatic rings. The highest BCUT2D eigenvalue weighted by Crippen LogP contribution is 2.09. The summed E-state index contributed by atoms with van der Waals surface area (Å²) in [4.78, 5) is 0. The molecule has 0 aliphatic heterocycles. The second-order valence-corrected chi connectivity index (χ2v) is 2.45. The fraction of sp³-hybridized carbons (Fsp3) is 0.143. The van der Waals surface area contributed by atoms with Gasteiger partial charge in [-0.05, 0) is 17.7 Å². The molecule has 2 nitrogen and oxygen atoms in total. The lowest BCUT2D eigenvalue weighted by Crippen LogP contribution is -2.20. The van der Waals surface area contributed by atoms with Gasteiger partial charge >= 0.3 is 0 Å². The molecule has 0 saturated heterocycles. The van der Waals surface area contributed by atoms with E-state index in [1.54, 1.807) is 0 Å². The number of halogens is 3. The van der Waals surface area contributed by atoms with E-state index in [1.807, 2.05) is 24.3 Å². The second kappa shape index (κ2) is 7.65. The number of hydrogen-bond acceptors (Lipinski definition) is 2. The Morgan fingerprint density at radius 3 is 2.50 bits per heavy atom. The molecule has 12 heavy (non-hydrogen) atoms. The largest absolute Gasteiger partial charge is 0.271 e. The summed E-state index contributed by atoms with van der Waals surface area (Å²) in [5.41, 5.74) is 3.65. The van der Waals surface area contributed by atoms with Crippen molar-refractivity contribution in [3.63, 3.8) is 0 Å². The van der Waals surface area contributed by atoms with Gasteiger partial charge in [0, 0.05) is 11.6 Å². The first-order valence-electron chi connectivity index (χ1n) is 3.01. The normalized spacial score (nSPS) is 8.17. The van der Waals surface area contributed by atoms with Crippen LogP contribution in [0, 0.1) is 0 Å². The zero-order chi connectivity index (χ0) is 7.40. The lowest BCUT2D eigenvalue weighted by atomic mass is 10.2. The third-order valence-electron chi connectivity index (χ3n) is 1.20. The Bertz CT molecular complexity index is 218. The van der Waals surface area contributed by atoms with Crippen molar-refractivity contribution in [2.24, 2.45) is 5.84 Å². The third-order valence-corrected chi connectivity index (χ3v) is 1.43. The smallest absolute Gasteiger partial charge is 0.0409 e. The molecule has 0 bridgehead atoms. The molecule has 1 rings (SSSR count). The van der Waals surface area contributed by atoms with Crippen LogP contribution in [0.2, 0.25) is 5.02 Å². The summed E-state index contributed by atoms with van der Waals surface area (Å²) < 4.78 is 0. The average molecular weight is 230 g/mol. The van der Waals surface area contributed by atoms with Crippen LogP contribution >= 0.6 is 36.4 Å². The molecule has 0 atom stereocenters. The van der Waals surface area contributed by atoms with E-state index in [9.17, 15) is 0 Å². The van der Waals surface area contributed by atoms with Gasteiger partial charge in [0.15, 0.2) is 0 Å². The minimum Gasteiger partial charge on any atom is -0.271 e. The van der Waals surface area contributed by atoms with Crippen molar-refractivity contribution in [3.8, 4) is 0 Å². The molecule has 1 aromatic carbocycles. The quantitative estimate of drug-likeness (QED) is 0.602. The van der Waals surface area contributed by atoms with Gasteiger partial charge in [0.2, 0.25) is 0 Å². The molecule has 0 spiro atoms. The van der Waals surface area contributed by atoms with E-state index in [0.29, 0.717) is 6.54 Å². The molecule has 0 saturated carbocycles. The molecule has 0 amide bonds. The second-order valence-electron chi connectivity index (χ2n) is 2.01. The van der Waals surface area contributed by atoms with Gasteiger partial charge in [-0.1, -0.05) is 23.7 Å². The van der Waals surface area contributed by atoms with Crippen LogP contribution in [0.3, 0.4) is 0 Å². The van der Waals surface area contributed by atoms with Gasteiger partial charge in [-0.2, -0.15) is 0 Å². The van der Waals surface area contributed by atoms with E-state index in [4.69, 9.17) is 17.4 Å². The minimum absolute atomic E-state index is 0. The Balaban J connectivity index is 0. The van der Waals surface area contributed by atoms with Gasteiger partial charge in [0.1, 0.15) is 0 Å². The van der Waals surface area contributed by atoms with Crippen molar-refractivity contribution >= 4 is 36.4 Å². The van der Waals surface area contributed by atoms with E-state index in [1.165, 1.54) is 0 Å². The summed E-state index contributed by atoms with van der Waals surface area (Å²) in [5, 5.41) is 0.743. The molecule has 70 valence electrons. The number of hydrogen-bond donors (Lipinski definition) is 2. The van der Waals surface area contributed by atoms with Crippen molar-refractivity contribution in [3.05, 3.63) is 34.9 Å². The maximum Gasteiger partial charge on any atom is 0.0409 e. The van der Waals surface area contributed by atoms with Gasteiger partial charge in [-0.15, -0.1) is 24.8 Å². The highest BCUT2D eigenvalue weighted by molar-refractivity contribution is 6.30. The van der Waals surface area contributed by atoms with Gasteiger partial charge in [0.05, 0.1) is 0 Å². The van der Waals surface area contributed by atoms with E-state index in [2.05, 4.69) is 5.43 Å². The molecular weight excluding hydrogens is 218 g/mol. The number of benzene rings is 1. The van der Waals surface area contributed by atoms with Crippen molar-refractivity contribution in [1.82, 2.24) is 5.43 Å². The van der Waals surface area contributed by atoms with Crippen molar-refractivity contribution in [2.75, 3.05) is 0 Å². The SMILES string of the molecule is Cl.Cl.NNCc1cccc(Cl)c1. The lowest BCUT2D eigenvalue weighted by Gasteiger charge is -1.98. The Kier molecular flexibility index (Phi) is 9.26. The van der Waals surface area contributed by atoms with Crippen LogP contribution in [0.25, 0.3) is 0 Å². The molecule has 0 heterocycles. The summed E-state index contributed by atoms with van der Waals surface area (Å²) in [5.74, 6) is 5.12. The maximum absolute atomic E-state index is 5.71. The molecule has 0 aliphatic rings. The van der Waals surface area contributed by atoms with Gasteiger partial charge < -0.3 is 0 Å². The molecular formula is C7H11Cl3N2. The van der Waals surface area contributed by atoms with Crippen LogP contribution in [-0.4, -0.2) is 0 Å². The summed E-state index contributed by atoms with van der Waals surface area (Å²) in [7, 11) is 0. The summed E-state index contributed by atoms with van der Waals surface area (Å²) >= 11 is 5.71. The van der Waals surface area contributed by atoms with Crippen molar-refractivity contribution in [1.29, 1.82) is 0 Å². The molecule has 0 fully saturated rings. The Hall–Kier alpha value is 0.01000. The number of rotatable bonds is 2. The summed E-state index contributed by atoms with van der Waals surface area (Å²) in [6.45, 7) is 0.653. The summed E-state index contributed by atoms with van der Waals surface area (Å²) in [6.07, 6.45) is 0. The average Bonchev–Trinajstić information content (AvgIpc) is 1.88. The van der Waals surface area contributed by atoms with Crippen LogP contribution in [0.15, 0.2) is 24.3 Å². The fourth-order valence-corrected chi connectivity index (χ4v) is 0.978. The minimum atomic E-state index is 0. The molecule has 0 aliphatic carbocycles. The predicted octanol–water partition coefficient (Wildman–Crippen LogP) is 2.15. The lowest BCUT2D eigenvalue weighted by molar-refractivity contribution is 0.741. The van der Waals surface area contributed by atoms with Gasteiger partial charge in [0.25, 0.3) is 0 Å². The standard InChI is InChI=1S/C7H9ClN2.2ClH/c8-7-3-1-2-6(4-7)5-10-9;;/h1-4,10H,5,9H2;2*1H. The van der Waals surface area contributed by atoms with Crippen molar-refractivity contribution in [2.45, 2.75) is 6.54 Å². The van der Waals surface area contributed by atoms with E-state index in [0.717, 1.165) is 10.6 Å². The first kappa shape index (κ1) is 14.5. The molecule has 3 N–H and O–H groups in total. The monoisotopic (exact) mass is 228 g/mol. The maximum atomic E-state index is 5.71. The Morgan fingerprint density at radius 1 is 1.33 bits per heavy atom.